The number of piperazine rings is 1. The SMILES string of the molecule is Cl.O=C(NCCCN1CCNCC1)c1cnn(Cc2ccccc2)c1. The molecular weight excluding hydrogens is 338 g/mol. The van der Waals surface area contributed by atoms with Crippen molar-refractivity contribution in [2.75, 3.05) is 39.3 Å². The summed E-state index contributed by atoms with van der Waals surface area (Å²) in [4.78, 5) is 14.6. The molecule has 0 unspecified atom stereocenters. The molecule has 0 saturated carbocycles. The summed E-state index contributed by atoms with van der Waals surface area (Å²) in [6.07, 6.45) is 4.41. The average molecular weight is 364 g/mol. The zero-order valence-corrected chi connectivity index (χ0v) is 15.2. The van der Waals surface area contributed by atoms with Crippen molar-refractivity contribution in [1.82, 2.24) is 25.3 Å². The summed E-state index contributed by atoms with van der Waals surface area (Å²) >= 11 is 0. The van der Waals surface area contributed by atoms with E-state index in [9.17, 15) is 4.79 Å². The molecule has 1 amide bonds. The monoisotopic (exact) mass is 363 g/mol. The summed E-state index contributed by atoms with van der Waals surface area (Å²) in [6, 6.07) is 10.1. The molecule has 0 atom stereocenters. The minimum atomic E-state index is -0.0466. The summed E-state index contributed by atoms with van der Waals surface area (Å²) < 4.78 is 1.80. The van der Waals surface area contributed by atoms with E-state index in [4.69, 9.17) is 0 Å². The molecule has 7 heteroatoms. The van der Waals surface area contributed by atoms with Crippen molar-refractivity contribution >= 4 is 18.3 Å². The molecule has 136 valence electrons. The summed E-state index contributed by atoms with van der Waals surface area (Å²) in [5, 5.41) is 10.6. The molecule has 0 bridgehead atoms. The summed E-state index contributed by atoms with van der Waals surface area (Å²) in [5.74, 6) is -0.0466. The zero-order valence-electron chi connectivity index (χ0n) is 14.4. The molecular formula is C18H26ClN5O. The minimum Gasteiger partial charge on any atom is -0.352 e. The van der Waals surface area contributed by atoms with Crippen LogP contribution < -0.4 is 10.6 Å². The maximum absolute atomic E-state index is 12.2. The Hall–Kier alpha value is -1.89. The first-order valence-electron chi connectivity index (χ1n) is 8.59. The number of amides is 1. The zero-order chi connectivity index (χ0) is 16.6. The van der Waals surface area contributed by atoms with Gasteiger partial charge in [-0.05, 0) is 18.5 Å². The van der Waals surface area contributed by atoms with E-state index in [1.807, 2.05) is 18.2 Å². The Morgan fingerprint density at radius 2 is 1.96 bits per heavy atom. The van der Waals surface area contributed by atoms with Gasteiger partial charge in [-0.15, -0.1) is 12.4 Å². The lowest BCUT2D eigenvalue weighted by atomic mass is 10.2. The number of aromatic nitrogens is 2. The number of hydrogen-bond acceptors (Lipinski definition) is 4. The van der Waals surface area contributed by atoms with Gasteiger partial charge >= 0.3 is 0 Å². The van der Waals surface area contributed by atoms with Crippen molar-refractivity contribution < 1.29 is 4.79 Å². The standard InChI is InChI=1S/C18H25N5O.ClH/c24-18(20-7-4-10-22-11-8-19-9-12-22)17-13-21-23(15-17)14-16-5-2-1-3-6-16;/h1-3,5-6,13,15,19H,4,7-12,14H2,(H,20,24);1H. The van der Waals surface area contributed by atoms with Crippen LogP contribution in [-0.2, 0) is 6.54 Å². The third kappa shape index (κ3) is 6.16. The second kappa shape index (κ2) is 10.2. The molecule has 3 rings (SSSR count). The van der Waals surface area contributed by atoms with Crippen LogP contribution in [0, 0.1) is 0 Å². The third-order valence-corrected chi connectivity index (χ3v) is 4.23. The lowest BCUT2D eigenvalue weighted by Gasteiger charge is -2.27. The van der Waals surface area contributed by atoms with E-state index in [2.05, 4.69) is 32.8 Å². The number of carbonyl (C=O) groups is 1. The van der Waals surface area contributed by atoms with E-state index in [1.165, 1.54) is 5.56 Å². The highest BCUT2D eigenvalue weighted by Gasteiger charge is 2.10. The number of nitrogens with zero attached hydrogens (tertiary/aromatic N) is 3. The predicted molar refractivity (Wildman–Crippen MR) is 101 cm³/mol. The first-order valence-corrected chi connectivity index (χ1v) is 8.59. The highest BCUT2D eigenvalue weighted by atomic mass is 35.5. The fourth-order valence-corrected chi connectivity index (χ4v) is 2.88. The van der Waals surface area contributed by atoms with Gasteiger partial charge in [0.2, 0.25) is 0 Å². The van der Waals surface area contributed by atoms with Crippen LogP contribution in [0.2, 0.25) is 0 Å². The van der Waals surface area contributed by atoms with Gasteiger partial charge in [-0.3, -0.25) is 9.48 Å². The molecule has 1 aromatic heterocycles. The predicted octanol–water partition coefficient (Wildman–Crippen LogP) is 1.38. The Bertz CT molecular complexity index is 640. The van der Waals surface area contributed by atoms with Crippen LogP contribution in [0.3, 0.4) is 0 Å². The Kier molecular flexibility index (Phi) is 7.91. The van der Waals surface area contributed by atoms with E-state index < -0.39 is 0 Å². The number of rotatable bonds is 7. The van der Waals surface area contributed by atoms with E-state index in [1.54, 1.807) is 17.1 Å². The molecule has 0 radical (unpaired) electrons. The molecule has 0 spiro atoms. The lowest BCUT2D eigenvalue weighted by molar-refractivity contribution is 0.0951. The van der Waals surface area contributed by atoms with Crippen molar-refractivity contribution in [2.45, 2.75) is 13.0 Å². The second-order valence-electron chi connectivity index (χ2n) is 6.11. The average Bonchev–Trinajstić information content (AvgIpc) is 3.09. The van der Waals surface area contributed by atoms with E-state index in [0.29, 0.717) is 18.7 Å². The smallest absolute Gasteiger partial charge is 0.254 e. The van der Waals surface area contributed by atoms with E-state index in [-0.39, 0.29) is 18.3 Å². The minimum absolute atomic E-state index is 0. The molecule has 1 fully saturated rings. The Balaban J connectivity index is 0.00000225. The number of benzene rings is 1. The molecule has 6 nitrogen and oxygen atoms in total. The maximum atomic E-state index is 12.2. The van der Waals surface area contributed by atoms with Crippen LogP contribution in [0.4, 0.5) is 0 Å². The molecule has 1 aliphatic rings. The van der Waals surface area contributed by atoms with E-state index >= 15 is 0 Å². The number of carbonyl (C=O) groups excluding carboxylic acids is 1. The topological polar surface area (TPSA) is 62.2 Å². The Labute approximate surface area is 155 Å². The van der Waals surface area contributed by atoms with Crippen molar-refractivity contribution in [3.8, 4) is 0 Å². The second-order valence-corrected chi connectivity index (χ2v) is 6.11. The molecule has 2 heterocycles. The van der Waals surface area contributed by atoms with Crippen LogP contribution in [0.15, 0.2) is 42.7 Å². The fraction of sp³-hybridized carbons (Fsp3) is 0.444. The van der Waals surface area contributed by atoms with Gasteiger partial charge in [0.25, 0.3) is 5.91 Å². The highest BCUT2D eigenvalue weighted by molar-refractivity contribution is 5.93. The van der Waals surface area contributed by atoms with Crippen LogP contribution >= 0.6 is 12.4 Å². The molecule has 1 aliphatic heterocycles. The molecule has 0 aliphatic carbocycles. The van der Waals surface area contributed by atoms with Crippen molar-refractivity contribution in [3.63, 3.8) is 0 Å². The Morgan fingerprint density at radius 1 is 1.20 bits per heavy atom. The molecule has 1 saturated heterocycles. The normalized spacial score (nSPS) is 14.7. The van der Waals surface area contributed by atoms with E-state index in [0.717, 1.165) is 39.1 Å². The van der Waals surface area contributed by atoms with Gasteiger partial charge in [0.15, 0.2) is 0 Å². The first-order chi connectivity index (χ1) is 11.8. The largest absolute Gasteiger partial charge is 0.352 e. The van der Waals surface area contributed by atoms with Gasteiger partial charge in [0, 0.05) is 38.9 Å². The van der Waals surface area contributed by atoms with Crippen LogP contribution in [0.5, 0.6) is 0 Å². The van der Waals surface area contributed by atoms with Crippen molar-refractivity contribution in [1.29, 1.82) is 0 Å². The molecule has 25 heavy (non-hydrogen) atoms. The van der Waals surface area contributed by atoms with Crippen LogP contribution in [0.1, 0.15) is 22.3 Å². The number of nitrogens with one attached hydrogen (secondary N) is 2. The molecule has 1 aromatic carbocycles. The van der Waals surface area contributed by atoms with Gasteiger partial charge in [-0.1, -0.05) is 30.3 Å². The maximum Gasteiger partial charge on any atom is 0.254 e. The molecule has 2 N–H and O–H groups in total. The van der Waals surface area contributed by atoms with Crippen LogP contribution in [-0.4, -0.2) is 59.9 Å². The Morgan fingerprint density at radius 3 is 2.72 bits per heavy atom. The van der Waals surface area contributed by atoms with Gasteiger partial charge in [-0.2, -0.15) is 5.10 Å². The number of halogens is 1. The first kappa shape index (κ1) is 19.4. The summed E-state index contributed by atoms with van der Waals surface area (Å²) in [6.45, 7) is 6.74. The van der Waals surface area contributed by atoms with Gasteiger partial charge in [0.1, 0.15) is 0 Å². The highest BCUT2D eigenvalue weighted by Crippen LogP contribution is 2.04. The number of hydrogen-bond donors (Lipinski definition) is 2. The quantitative estimate of drug-likeness (QED) is 0.729. The van der Waals surface area contributed by atoms with Crippen LogP contribution in [0.25, 0.3) is 0 Å². The third-order valence-electron chi connectivity index (χ3n) is 4.23. The fourth-order valence-electron chi connectivity index (χ4n) is 2.88. The lowest BCUT2D eigenvalue weighted by Crippen LogP contribution is -2.44. The van der Waals surface area contributed by atoms with Gasteiger partial charge in [0.05, 0.1) is 18.3 Å². The van der Waals surface area contributed by atoms with Gasteiger partial charge < -0.3 is 15.5 Å². The van der Waals surface area contributed by atoms with Gasteiger partial charge in [-0.25, -0.2) is 0 Å². The van der Waals surface area contributed by atoms with Crippen molar-refractivity contribution in [3.05, 3.63) is 53.9 Å². The van der Waals surface area contributed by atoms with Crippen molar-refractivity contribution in [2.24, 2.45) is 0 Å². The molecule has 2 aromatic rings. The summed E-state index contributed by atoms with van der Waals surface area (Å²) in [5.41, 5.74) is 1.79. The summed E-state index contributed by atoms with van der Waals surface area (Å²) in [7, 11) is 0.